The number of amides is 3. The van der Waals surface area contributed by atoms with Gasteiger partial charge >= 0.3 is 0 Å². The van der Waals surface area contributed by atoms with Gasteiger partial charge in [0.2, 0.25) is 5.91 Å². The van der Waals surface area contributed by atoms with Gasteiger partial charge in [0.05, 0.1) is 6.61 Å². The molecule has 0 aliphatic carbocycles. The van der Waals surface area contributed by atoms with Crippen LogP contribution in [0.4, 0.5) is 0 Å². The molecule has 0 heterocycles. The molecule has 0 saturated carbocycles. The van der Waals surface area contributed by atoms with E-state index in [1.54, 1.807) is 38.1 Å². The summed E-state index contributed by atoms with van der Waals surface area (Å²) in [6, 6.07) is 5.96. The Kier molecular flexibility index (Phi) is 8.61. The van der Waals surface area contributed by atoms with E-state index in [9.17, 15) is 14.4 Å². The molecule has 0 bridgehead atoms. The van der Waals surface area contributed by atoms with Crippen molar-refractivity contribution in [1.82, 2.24) is 16.2 Å². The summed E-state index contributed by atoms with van der Waals surface area (Å²) < 4.78 is 5.60. The first kappa shape index (κ1) is 21.5. The smallest absolute Gasteiger partial charge is 0.269 e. The van der Waals surface area contributed by atoms with Crippen molar-refractivity contribution in [2.24, 2.45) is 11.8 Å². The fraction of sp³-hybridized carbons (Fsp3) is 0.526. The molecule has 1 rings (SSSR count). The SMILES string of the molecule is CC(=O)NC(C(=O)NNC(=O)c1ccc(OCCC(C)C)cc1)C(C)C. The van der Waals surface area contributed by atoms with E-state index in [4.69, 9.17) is 4.74 Å². The molecule has 1 aromatic carbocycles. The van der Waals surface area contributed by atoms with Crippen molar-refractivity contribution in [1.29, 1.82) is 0 Å². The molecule has 0 radical (unpaired) electrons. The summed E-state index contributed by atoms with van der Waals surface area (Å²) in [7, 11) is 0. The molecular formula is C19H29N3O4. The quantitative estimate of drug-likeness (QED) is 0.616. The molecule has 3 amide bonds. The topological polar surface area (TPSA) is 96.5 Å². The van der Waals surface area contributed by atoms with E-state index < -0.39 is 17.9 Å². The lowest BCUT2D eigenvalue weighted by Crippen LogP contribution is -2.54. The summed E-state index contributed by atoms with van der Waals surface area (Å²) in [6.45, 7) is 9.83. The minimum atomic E-state index is -0.718. The molecular weight excluding hydrogens is 334 g/mol. The van der Waals surface area contributed by atoms with Gasteiger partial charge in [-0.2, -0.15) is 0 Å². The summed E-state index contributed by atoms with van der Waals surface area (Å²) in [4.78, 5) is 35.4. The zero-order valence-electron chi connectivity index (χ0n) is 16.1. The van der Waals surface area contributed by atoms with Gasteiger partial charge in [-0.1, -0.05) is 27.7 Å². The second-order valence-corrected chi connectivity index (χ2v) is 6.92. The van der Waals surface area contributed by atoms with Crippen molar-refractivity contribution in [3.05, 3.63) is 29.8 Å². The number of rotatable bonds is 8. The van der Waals surface area contributed by atoms with Gasteiger partial charge in [0.15, 0.2) is 0 Å². The summed E-state index contributed by atoms with van der Waals surface area (Å²) in [6.07, 6.45) is 0.958. The van der Waals surface area contributed by atoms with Crippen LogP contribution in [0.3, 0.4) is 0 Å². The van der Waals surface area contributed by atoms with Crippen molar-refractivity contribution < 1.29 is 19.1 Å². The van der Waals surface area contributed by atoms with Crippen LogP contribution in [0.1, 0.15) is 51.4 Å². The maximum Gasteiger partial charge on any atom is 0.269 e. The first-order valence-corrected chi connectivity index (χ1v) is 8.80. The van der Waals surface area contributed by atoms with Crippen LogP contribution in [0.25, 0.3) is 0 Å². The van der Waals surface area contributed by atoms with Crippen LogP contribution in [0.5, 0.6) is 5.75 Å². The predicted octanol–water partition coefficient (Wildman–Crippen LogP) is 2.03. The lowest BCUT2D eigenvalue weighted by atomic mass is 10.0. The predicted molar refractivity (Wildman–Crippen MR) is 99.4 cm³/mol. The van der Waals surface area contributed by atoms with Crippen molar-refractivity contribution in [2.45, 2.75) is 47.1 Å². The van der Waals surface area contributed by atoms with E-state index in [2.05, 4.69) is 30.0 Å². The molecule has 0 aliphatic heterocycles. The van der Waals surface area contributed by atoms with Crippen LogP contribution in [0.15, 0.2) is 24.3 Å². The number of ether oxygens (including phenoxy) is 1. The van der Waals surface area contributed by atoms with Gasteiger partial charge in [-0.15, -0.1) is 0 Å². The van der Waals surface area contributed by atoms with Crippen LogP contribution in [-0.4, -0.2) is 30.4 Å². The molecule has 0 aromatic heterocycles. The van der Waals surface area contributed by atoms with E-state index >= 15 is 0 Å². The van der Waals surface area contributed by atoms with Crippen LogP contribution >= 0.6 is 0 Å². The normalized spacial score (nSPS) is 11.8. The minimum Gasteiger partial charge on any atom is -0.494 e. The summed E-state index contributed by atoms with van der Waals surface area (Å²) in [5, 5.41) is 2.56. The second-order valence-electron chi connectivity index (χ2n) is 6.92. The van der Waals surface area contributed by atoms with Gasteiger partial charge in [0.25, 0.3) is 11.8 Å². The molecule has 1 unspecified atom stereocenters. The number of benzene rings is 1. The van der Waals surface area contributed by atoms with E-state index in [1.165, 1.54) is 6.92 Å². The first-order valence-electron chi connectivity index (χ1n) is 8.80. The Morgan fingerprint density at radius 3 is 2.12 bits per heavy atom. The van der Waals surface area contributed by atoms with Crippen molar-refractivity contribution >= 4 is 17.7 Å². The van der Waals surface area contributed by atoms with E-state index in [0.717, 1.165) is 6.42 Å². The van der Waals surface area contributed by atoms with Gasteiger partial charge in [-0.25, -0.2) is 0 Å². The maximum absolute atomic E-state index is 12.1. The Labute approximate surface area is 154 Å². The Hall–Kier alpha value is -2.57. The molecule has 1 atom stereocenters. The summed E-state index contributed by atoms with van der Waals surface area (Å²) in [5.41, 5.74) is 5.09. The molecule has 7 heteroatoms. The molecule has 144 valence electrons. The summed E-state index contributed by atoms with van der Waals surface area (Å²) in [5.74, 6) is -0.0847. The molecule has 0 saturated heterocycles. The molecule has 1 aromatic rings. The van der Waals surface area contributed by atoms with Crippen molar-refractivity contribution in [3.8, 4) is 5.75 Å². The molecule has 0 fully saturated rings. The first-order chi connectivity index (χ1) is 12.2. The Bertz CT molecular complexity index is 612. The fourth-order valence-corrected chi connectivity index (χ4v) is 2.14. The molecule has 3 N–H and O–H groups in total. The number of nitrogens with one attached hydrogen (secondary N) is 3. The molecule has 0 aliphatic rings. The zero-order chi connectivity index (χ0) is 19.7. The maximum atomic E-state index is 12.1. The number of hydrazine groups is 1. The standard InChI is InChI=1S/C19H29N3O4/c1-12(2)10-11-26-16-8-6-15(7-9-16)18(24)21-22-19(25)17(13(3)4)20-14(5)23/h6-9,12-13,17H,10-11H2,1-5H3,(H,20,23)(H,21,24)(H,22,25). The fourth-order valence-electron chi connectivity index (χ4n) is 2.14. The van der Waals surface area contributed by atoms with Crippen LogP contribution in [0, 0.1) is 11.8 Å². The Morgan fingerprint density at radius 2 is 1.62 bits per heavy atom. The van der Waals surface area contributed by atoms with E-state index in [1.807, 2.05) is 0 Å². The van der Waals surface area contributed by atoms with Gasteiger partial charge in [-0.3, -0.25) is 25.2 Å². The number of hydrogen-bond donors (Lipinski definition) is 3. The third-order valence-corrected chi connectivity index (χ3v) is 3.69. The van der Waals surface area contributed by atoms with Gasteiger partial charge in [0.1, 0.15) is 11.8 Å². The highest BCUT2D eigenvalue weighted by Crippen LogP contribution is 2.13. The molecule has 26 heavy (non-hydrogen) atoms. The van der Waals surface area contributed by atoms with Crippen LogP contribution in [0.2, 0.25) is 0 Å². The van der Waals surface area contributed by atoms with Gasteiger partial charge in [-0.05, 0) is 42.5 Å². The van der Waals surface area contributed by atoms with Gasteiger partial charge < -0.3 is 10.1 Å². The lowest BCUT2D eigenvalue weighted by molar-refractivity contribution is -0.129. The number of hydrogen-bond acceptors (Lipinski definition) is 4. The Morgan fingerprint density at radius 1 is 1.00 bits per heavy atom. The molecule has 7 nitrogen and oxygen atoms in total. The highest BCUT2D eigenvalue weighted by atomic mass is 16.5. The van der Waals surface area contributed by atoms with Crippen molar-refractivity contribution in [3.63, 3.8) is 0 Å². The number of carbonyl (C=O) groups is 3. The third kappa shape index (κ3) is 7.55. The monoisotopic (exact) mass is 363 g/mol. The number of carbonyl (C=O) groups excluding carboxylic acids is 3. The van der Waals surface area contributed by atoms with Crippen molar-refractivity contribution in [2.75, 3.05) is 6.61 Å². The zero-order valence-corrected chi connectivity index (χ0v) is 16.1. The van der Waals surface area contributed by atoms with Crippen LogP contribution in [-0.2, 0) is 9.59 Å². The van der Waals surface area contributed by atoms with Gasteiger partial charge in [0, 0.05) is 12.5 Å². The second kappa shape index (κ2) is 10.4. The average Bonchev–Trinajstić information content (AvgIpc) is 2.57. The molecule has 0 spiro atoms. The van der Waals surface area contributed by atoms with Crippen LogP contribution < -0.4 is 20.9 Å². The van der Waals surface area contributed by atoms with E-state index in [0.29, 0.717) is 23.8 Å². The highest BCUT2D eigenvalue weighted by molar-refractivity contribution is 5.96. The largest absolute Gasteiger partial charge is 0.494 e. The lowest BCUT2D eigenvalue weighted by Gasteiger charge is -2.21. The third-order valence-electron chi connectivity index (χ3n) is 3.69. The summed E-state index contributed by atoms with van der Waals surface area (Å²) >= 11 is 0. The van der Waals surface area contributed by atoms with E-state index in [-0.39, 0.29) is 11.8 Å². The minimum absolute atomic E-state index is 0.113. The average molecular weight is 363 g/mol. The Balaban J connectivity index is 2.54. The highest BCUT2D eigenvalue weighted by Gasteiger charge is 2.23.